The van der Waals surface area contributed by atoms with E-state index >= 15 is 0 Å². The first-order valence-electron chi connectivity index (χ1n) is 9.78. The van der Waals surface area contributed by atoms with Crippen LogP contribution in [-0.2, 0) is 25.6 Å². The van der Waals surface area contributed by atoms with Gasteiger partial charge in [0.2, 0.25) is 0 Å². The van der Waals surface area contributed by atoms with Gasteiger partial charge in [0, 0.05) is 70.2 Å². The molecule has 0 unspecified atom stereocenters. The van der Waals surface area contributed by atoms with Crippen LogP contribution in [-0.4, -0.2) is 61.9 Å². The number of hydrogen-bond donors (Lipinski definition) is 0. The molecule has 1 fully saturated rings. The van der Waals surface area contributed by atoms with Crippen LogP contribution in [0.25, 0.3) is 0 Å². The van der Waals surface area contributed by atoms with E-state index in [2.05, 4.69) is 40.7 Å². The first kappa shape index (κ1) is 20.4. The van der Waals surface area contributed by atoms with E-state index in [0.29, 0.717) is 18.8 Å². The monoisotopic (exact) mass is 386 g/mol. The van der Waals surface area contributed by atoms with Crippen molar-refractivity contribution in [1.29, 1.82) is 0 Å². The van der Waals surface area contributed by atoms with Gasteiger partial charge < -0.3 is 4.57 Å². The fourth-order valence-electron chi connectivity index (χ4n) is 3.29. The van der Waals surface area contributed by atoms with Crippen molar-refractivity contribution in [2.75, 3.05) is 32.7 Å². The molecule has 0 radical (unpaired) electrons. The summed E-state index contributed by atoms with van der Waals surface area (Å²) in [4.78, 5) is 33.1. The van der Waals surface area contributed by atoms with Crippen molar-refractivity contribution >= 4 is 0 Å². The summed E-state index contributed by atoms with van der Waals surface area (Å²) in [6.07, 6.45) is 3.35. The fraction of sp³-hybridized carbons (Fsp3) is 0.600. The molecule has 0 aliphatic carbocycles. The van der Waals surface area contributed by atoms with E-state index < -0.39 is 0 Å². The molecule has 152 valence electrons. The molecule has 2 aromatic rings. The minimum absolute atomic E-state index is 0.0332. The Kier molecular flexibility index (Phi) is 6.10. The van der Waals surface area contributed by atoms with E-state index in [9.17, 15) is 9.59 Å². The van der Waals surface area contributed by atoms with Crippen LogP contribution in [0.4, 0.5) is 0 Å². The zero-order valence-electron chi connectivity index (χ0n) is 17.3. The second-order valence-electron chi connectivity index (χ2n) is 8.44. The van der Waals surface area contributed by atoms with E-state index in [1.165, 1.54) is 0 Å². The summed E-state index contributed by atoms with van der Waals surface area (Å²) in [6.45, 7) is 11.8. The van der Waals surface area contributed by atoms with Gasteiger partial charge in [0.25, 0.3) is 11.1 Å². The van der Waals surface area contributed by atoms with Crippen molar-refractivity contribution in [2.45, 2.75) is 39.3 Å². The summed E-state index contributed by atoms with van der Waals surface area (Å²) >= 11 is 0. The molecule has 0 amide bonds. The first-order chi connectivity index (χ1) is 13.2. The summed E-state index contributed by atoms with van der Waals surface area (Å²) in [5, 5.41) is 4.54. The standard InChI is InChI=1S/C20H30N6O2/c1-20(2,3)17-5-6-18(27)26(22-17)14-13-24-9-11-25(12-10-24)15-16-19(28)23(4)8-7-21-16/h5-8H,9-15H2,1-4H3. The van der Waals surface area contributed by atoms with Gasteiger partial charge >= 0.3 is 0 Å². The Balaban J connectivity index is 1.53. The van der Waals surface area contributed by atoms with Crippen LogP contribution >= 0.6 is 0 Å². The predicted octanol–water partition coefficient (Wildman–Crippen LogP) is 0.452. The Bertz CT molecular complexity index is 919. The maximum absolute atomic E-state index is 12.1. The third-order valence-electron chi connectivity index (χ3n) is 5.19. The molecule has 8 heteroatoms. The molecule has 0 saturated carbocycles. The third-order valence-corrected chi connectivity index (χ3v) is 5.19. The summed E-state index contributed by atoms with van der Waals surface area (Å²) in [5.74, 6) is 0. The fourth-order valence-corrected chi connectivity index (χ4v) is 3.29. The van der Waals surface area contributed by atoms with E-state index in [0.717, 1.165) is 38.4 Å². The maximum Gasteiger partial charge on any atom is 0.273 e. The van der Waals surface area contributed by atoms with Gasteiger partial charge in [-0.3, -0.25) is 24.4 Å². The summed E-state index contributed by atoms with van der Waals surface area (Å²) in [6, 6.07) is 3.43. The van der Waals surface area contributed by atoms with Crippen molar-refractivity contribution in [3.8, 4) is 0 Å². The zero-order valence-corrected chi connectivity index (χ0v) is 17.3. The average molecular weight is 387 g/mol. The Morgan fingerprint density at radius 3 is 2.36 bits per heavy atom. The lowest BCUT2D eigenvalue weighted by molar-refractivity contribution is 0.121. The van der Waals surface area contributed by atoms with Crippen LogP contribution in [0, 0.1) is 0 Å². The molecule has 1 aliphatic heterocycles. The molecule has 0 aromatic carbocycles. The van der Waals surface area contributed by atoms with Crippen LogP contribution in [0.3, 0.4) is 0 Å². The Morgan fingerprint density at radius 1 is 1.00 bits per heavy atom. The molecule has 3 rings (SSSR count). The van der Waals surface area contributed by atoms with Crippen molar-refractivity contribution in [1.82, 2.24) is 29.1 Å². The number of piperazine rings is 1. The lowest BCUT2D eigenvalue weighted by atomic mass is 9.92. The van der Waals surface area contributed by atoms with Gasteiger partial charge in [0.15, 0.2) is 0 Å². The smallest absolute Gasteiger partial charge is 0.273 e. The van der Waals surface area contributed by atoms with E-state index in [-0.39, 0.29) is 16.5 Å². The van der Waals surface area contributed by atoms with Crippen LogP contribution < -0.4 is 11.1 Å². The minimum atomic E-state index is -0.0798. The van der Waals surface area contributed by atoms with Gasteiger partial charge in [0.05, 0.1) is 12.2 Å². The van der Waals surface area contributed by atoms with Crippen LogP contribution in [0.1, 0.15) is 32.2 Å². The quantitative estimate of drug-likeness (QED) is 0.743. The van der Waals surface area contributed by atoms with Gasteiger partial charge in [-0.15, -0.1) is 0 Å². The molecule has 0 spiro atoms. The molecule has 1 saturated heterocycles. The topological polar surface area (TPSA) is 76.3 Å². The van der Waals surface area contributed by atoms with Crippen molar-refractivity contribution in [3.63, 3.8) is 0 Å². The van der Waals surface area contributed by atoms with E-state index in [4.69, 9.17) is 0 Å². The second kappa shape index (κ2) is 8.36. The van der Waals surface area contributed by atoms with Crippen LogP contribution in [0.2, 0.25) is 0 Å². The molecular formula is C20H30N6O2. The first-order valence-corrected chi connectivity index (χ1v) is 9.78. The molecule has 0 N–H and O–H groups in total. The van der Waals surface area contributed by atoms with Crippen LogP contribution in [0.15, 0.2) is 34.1 Å². The molecule has 8 nitrogen and oxygen atoms in total. The van der Waals surface area contributed by atoms with Crippen molar-refractivity contribution < 1.29 is 0 Å². The average Bonchev–Trinajstić information content (AvgIpc) is 2.65. The van der Waals surface area contributed by atoms with Gasteiger partial charge in [-0.2, -0.15) is 5.10 Å². The summed E-state index contributed by atoms with van der Waals surface area (Å²) < 4.78 is 3.14. The van der Waals surface area contributed by atoms with Gasteiger partial charge in [-0.25, -0.2) is 4.68 Å². The Morgan fingerprint density at radius 2 is 1.68 bits per heavy atom. The summed E-state index contributed by atoms with van der Waals surface area (Å²) in [5.41, 5.74) is 1.35. The van der Waals surface area contributed by atoms with Gasteiger partial charge in [-0.05, 0) is 6.07 Å². The molecule has 1 aliphatic rings. The summed E-state index contributed by atoms with van der Waals surface area (Å²) in [7, 11) is 1.75. The highest BCUT2D eigenvalue weighted by Crippen LogP contribution is 2.18. The largest absolute Gasteiger partial charge is 0.315 e. The normalized spacial score (nSPS) is 16.4. The number of hydrogen-bond acceptors (Lipinski definition) is 6. The highest BCUT2D eigenvalue weighted by atomic mass is 16.1. The highest BCUT2D eigenvalue weighted by molar-refractivity contribution is 5.10. The Labute approximate surface area is 165 Å². The maximum atomic E-state index is 12.1. The van der Waals surface area contributed by atoms with E-state index in [1.54, 1.807) is 34.8 Å². The Hall–Kier alpha value is -2.32. The van der Waals surface area contributed by atoms with Gasteiger partial charge in [-0.1, -0.05) is 20.8 Å². The SMILES string of the molecule is Cn1ccnc(CN2CCN(CCn3nc(C(C)(C)C)ccc3=O)CC2)c1=O. The minimum Gasteiger partial charge on any atom is -0.315 e. The van der Waals surface area contributed by atoms with Crippen molar-refractivity contribution in [3.05, 3.63) is 56.6 Å². The van der Waals surface area contributed by atoms with Crippen molar-refractivity contribution in [2.24, 2.45) is 7.05 Å². The predicted molar refractivity (Wildman–Crippen MR) is 108 cm³/mol. The molecule has 0 atom stereocenters. The molecular weight excluding hydrogens is 356 g/mol. The third kappa shape index (κ3) is 4.94. The van der Waals surface area contributed by atoms with Gasteiger partial charge in [0.1, 0.15) is 5.69 Å². The second-order valence-corrected chi connectivity index (χ2v) is 8.44. The zero-order chi connectivity index (χ0) is 20.3. The number of aromatic nitrogens is 4. The lowest BCUT2D eigenvalue weighted by Crippen LogP contribution is -2.48. The number of rotatable bonds is 5. The molecule has 3 heterocycles. The number of nitrogens with zero attached hydrogens (tertiary/aromatic N) is 6. The highest BCUT2D eigenvalue weighted by Gasteiger charge is 2.20. The molecule has 2 aromatic heterocycles. The molecule has 0 bridgehead atoms. The van der Waals surface area contributed by atoms with E-state index in [1.807, 2.05) is 6.07 Å². The van der Waals surface area contributed by atoms with Crippen LogP contribution in [0.5, 0.6) is 0 Å². The molecule has 28 heavy (non-hydrogen) atoms. The number of aryl methyl sites for hydroxylation is 1. The lowest BCUT2D eigenvalue weighted by Gasteiger charge is -2.34.